The molecule has 0 bridgehead atoms. The van der Waals surface area contributed by atoms with Crippen LogP contribution in [0.2, 0.25) is 0 Å². The molecule has 0 spiro atoms. The number of amides is 2. The van der Waals surface area contributed by atoms with Gasteiger partial charge in [-0.3, -0.25) is 9.59 Å². The summed E-state index contributed by atoms with van der Waals surface area (Å²) >= 11 is 0. The molecule has 4 rings (SSSR count). The number of carbonyl (C=O) groups is 2. The highest BCUT2D eigenvalue weighted by molar-refractivity contribution is 6.07. The number of pyridine rings is 1. The highest BCUT2D eigenvalue weighted by Crippen LogP contribution is 2.29. The van der Waals surface area contributed by atoms with Crippen molar-refractivity contribution < 1.29 is 9.59 Å². The SMILES string of the molecule is CC(C)(C)C(=O)N1CCCN(c2ccc(C(=O)N3CCc4ccccc43)cn2)CC1. The lowest BCUT2D eigenvalue weighted by molar-refractivity contribution is -0.139. The number of nitrogens with zero attached hydrogens (tertiary/aromatic N) is 4. The summed E-state index contributed by atoms with van der Waals surface area (Å²) < 4.78 is 0. The molecule has 0 aliphatic carbocycles. The summed E-state index contributed by atoms with van der Waals surface area (Å²) in [6, 6.07) is 11.9. The predicted molar refractivity (Wildman–Crippen MR) is 119 cm³/mol. The monoisotopic (exact) mass is 406 g/mol. The van der Waals surface area contributed by atoms with E-state index in [1.165, 1.54) is 5.56 Å². The van der Waals surface area contributed by atoms with Gasteiger partial charge in [-0.2, -0.15) is 0 Å². The summed E-state index contributed by atoms with van der Waals surface area (Å²) in [4.78, 5) is 36.2. The Labute approximate surface area is 178 Å². The van der Waals surface area contributed by atoms with E-state index >= 15 is 0 Å². The summed E-state index contributed by atoms with van der Waals surface area (Å²) in [5, 5.41) is 0. The highest BCUT2D eigenvalue weighted by atomic mass is 16.2. The van der Waals surface area contributed by atoms with Gasteiger partial charge in [-0.15, -0.1) is 0 Å². The van der Waals surface area contributed by atoms with Crippen LogP contribution in [0.3, 0.4) is 0 Å². The molecule has 0 N–H and O–H groups in total. The first-order valence-electron chi connectivity index (χ1n) is 10.7. The molecule has 158 valence electrons. The fourth-order valence-electron chi connectivity index (χ4n) is 4.23. The van der Waals surface area contributed by atoms with E-state index in [-0.39, 0.29) is 17.2 Å². The van der Waals surface area contributed by atoms with Crippen LogP contribution in [-0.4, -0.2) is 54.4 Å². The molecule has 1 aromatic heterocycles. The number of fused-ring (bicyclic) bond motifs is 1. The van der Waals surface area contributed by atoms with Crippen LogP contribution >= 0.6 is 0 Å². The minimum absolute atomic E-state index is 0.00295. The molecular weight excluding hydrogens is 376 g/mol. The van der Waals surface area contributed by atoms with Crippen molar-refractivity contribution in [3.8, 4) is 0 Å². The molecule has 30 heavy (non-hydrogen) atoms. The molecule has 6 nitrogen and oxygen atoms in total. The Morgan fingerprint density at radius 3 is 2.47 bits per heavy atom. The Morgan fingerprint density at radius 2 is 1.73 bits per heavy atom. The Kier molecular flexibility index (Phi) is 5.50. The lowest BCUT2D eigenvalue weighted by Crippen LogP contribution is -2.41. The number of benzene rings is 1. The average Bonchev–Trinajstić information content (AvgIpc) is 3.01. The van der Waals surface area contributed by atoms with Crippen molar-refractivity contribution in [1.82, 2.24) is 9.88 Å². The summed E-state index contributed by atoms with van der Waals surface area (Å²) in [6.07, 6.45) is 3.49. The molecule has 0 atom stereocenters. The summed E-state index contributed by atoms with van der Waals surface area (Å²) in [6.45, 7) is 9.69. The number of hydrogen-bond acceptors (Lipinski definition) is 4. The van der Waals surface area contributed by atoms with Gasteiger partial charge in [0.15, 0.2) is 0 Å². The second-order valence-electron chi connectivity index (χ2n) is 9.12. The molecule has 1 saturated heterocycles. The number of para-hydroxylation sites is 1. The Balaban J connectivity index is 1.43. The molecule has 0 saturated carbocycles. The molecule has 2 aliphatic rings. The molecule has 1 aromatic carbocycles. The zero-order valence-electron chi connectivity index (χ0n) is 18.1. The van der Waals surface area contributed by atoms with Gasteiger partial charge in [-0.05, 0) is 36.6 Å². The van der Waals surface area contributed by atoms with Gasteiger partial charge >= 0.3 is 0 Å². The molecule has 0 radical (unpaired) electrons. The van der Waals surface area contributed by atoms with E-state index < -0.39 is 0 Å². The quantitative estimate of drug-likeness (QED) is 0.767. The molecule has 2 amide bonds. The van der Waals surface area contributed by atoms with Crippen LogP contribution in [0.15, 0.2) is 42.6 Å². The van der Waals surface area contributed by atoms with Gasteiger partial charge in [0.2, 0.25) is 5.91 Å². The zero-order chi connectivity index (χ0) is 21.3. The van der Waals surface area contributed by atoms with Crippen LogP contribution in [-0.2, 0) is 11.2 Å². The van der Waals surface area contributed by atoms with Crippen molar-refractivity contribution in [1.29, 1.82) is 0 Å². The number of carbonyl (C=O) groups excluding carboxylic acids is 2. The Hall–Kier alpha value is -2.89. The van der Waals surface area contributed by atoms with Crippen LogP contribution < -0.4 is 9.80 Å². The summed E-state index contributed by atoms with van der Waals surface area (Å²) in [5.41, 5.74) is 2.47. The van der Waals surface area contributed by atoms with Gasteiger partial charge in [0.1, 0.15) is 5.82 Å². The minimum atomic E-state index is -0.358. The van der Waals surface area contributed by atoms with Crippen LogP contribution in [0.1, 0.15) is 43.1 Å². The van der Waals surface area contributed by atoms with Gasteiger partial charge in [0.05, 0.1) is 5.56 Å². The molecule has 2 aromatic rings. The third-order valence-electron chi connectivity index (χ3n) is 5.88. The summed E-state index contributed by atoms with van der Waals surface area (Å²) in [5.74, 6) is 1.05. The number of hydrogen-bond donors (Lipinski definition) is 0. The van der Waals surface area contributed by atoms with E-state index in [1.54, 1.807) is 6.20 Å². The van der Waals surface area contributed by atoms with E-state index in [4.69, 9.17) is 0 Å². The lowest BCUT2D eigenvalue weighted by atomic mass is 9.94. The van der Waals surface area contributed by atoms with E-state index in [1.807, 2.05) is 60.9 Å². The Bertz CT molecular complexity index is 933. The largest absolute Gasteiger partial charge is 0.355 e. The number of aromatic nitrogens is 1. The maximum atomic E-state index is 13.0. The first-order valence-corrected chi connectivity index (χ1v) is 10.7. The number of rotatable bonds is 2. The normalized spacial score (nSPS) is 17.0. The van der Waals surface area contributed by atoms with Crippen LogP contribution in [0.25, 0.3) is 0 Å². The first kappa shape index (κ1) is 20.4. The van der Waals surface area contributed by atoms with Gasteiger partial charge < -0.3 is 14.7 Å². The average molecular weight is 407 g/mol. The molecule has 1 fully saturated rings. The predicted octanol–water partition coefficient (Wildman–Crippen LogP) is 3.37. The fourth-order valence-corrected chi connectivity index (χ4v) is 4.23. The van der Waals surface area contributed by atoms with Crippen molar-refractivity contribution in [2.45, 2.75) is 33.6 Å². The van der Waals surface area contributed by atoms with Crippen molar-refractivity contribution >= 4 is 23.3 Å². The van der Waals surface area contributed by atoms with Crippen LogP contribution in [0, 0.1) is 5.41 Å². The maximum Gasteiger partial charge on any atom is 0.259 e. The van der Waals surface area contributed by atoms with Crippen LogP contribution in [0.5, 0.6) is 0 Å². The molecule has 3 heterocycles. The van der Waals surface area contributed by atoms with E-state index in [9.17, 15) is 9.59 Å². The van der Waals surface area contributed by atoms with E-state index in [0.29, 0.717) is 18.7 Å². The maximum absolute atomic E-state index is 13.0. The molecule has 2 aliphatic heterocycles. The van der Waals surface area contributed by atoms with Crippen molar-refractivity contribution in [3.05, 3.63) is 53.7 Å². The molecular formula is C24H30N4O2. The standard InChI is InChI=1S/C24H30N4O2/c1-24(2,3)23(30)27-13-6-12-26(15-16-27)21-10-9-19(17-25-21)22(29)28-14-11-18-7-4-5-8-20(18)28/h4-5,7-10,17H,6,11-16H2,1-3H3. The second-order valence-corrected chi connectivity index (χ2v) is 9.12. The van der Waals surface area contributed by atoms with E-state index in [2.05, 4.69) is 16.0 Å². The van der Waals surface area contributed by atoms with Gasteiger partial charge in [-0.25, -0.2) is 4.98 Å². The smallest absolute Gasteiger partial charge is 0.259 e. The topological polar surface area (TPSA) is 56.8 Å². The van der Waals surface area contributed by atoms with Crippen molar-refractivity contribution in [2.24, 2.45) is 5.41 Å². The fraction of sp³-hybridized carbons (Fsp3) is 0.458. The third kappa shape index (κ3) is 4.04. The third-order valence-corrected chi connectivity index (χ3v) is 5.88. The molecule has 0 unspecified atom stereocenters. The summed E-state index contributed by atoms with van der Waals surface area (Å²) in [7, 11) is 0. The van der Waals surface area contributed by atoms with E-state index in [0.717, 1.165) is 44.0 Å². The van der Waals surface area contributed by atoms with Gasteiger partial charge in [-0.1, -0.05) is 39.0 Å². The zero-order valence-corrected chi connectivity index (χ0v) is 18.1. The van der Waals surface area contributed by atoms with Gasteiger partial charge in [0.25, 0.3) is 5.91 Å². The van der Waals surface area contributed by atoms with Gasteiger partial charge in [0, 0.05) is 50.0 Å². The van der Waals surface area contributed by atoms with Crippen molar-refractivity contribution in [3.63, 3.8) is 0 Å². The Morgan fingerprint density at radius 1 is 0.933 bits per heavy atom. The first-order chi connectivity index (χ1) is 14.3. The second kappa shape index (κ2) is 8.09. The van der Waals surface area contributed by atoms with Crippen LogP contribution in [0.4, 0.5) is 11.5 Å². The highest BCUT2D eigenvalue weighted by Gasteiger charge is 2.29. The van der Waals surface area contributed by atoms with Crippen molar-refractivity contribution in [2.75, 3.05) is 42.5 Å². The number of anilines is 2. The minimum Gasteiger partial charge on any atom is -0.355 e. The lowest BCUT2D eigenvalue weighted by Gasteiger charge is -2.28. The molecule has 6 heteroatoms.